The Kier molecular flexibility index (Phi) is 5.76. The molecule has 1 fully saturated rings. The number of carboxylic acids is 1. The maximum Gasteiger partial charge on any atom is 0.305 e. The Morgan fingerprint density at radius 1 is 1.18 bits per heavy atom. The Morgan fingerprint density at radius 2 is 1.79 bits per heavy atom. The average molecular weight is 397 g/mol. The van der Waals surface area contributed by atoms with Crippen molar-refractivity contribution in [1.29, 1.82) is 0 Å². The van der Waals surface area contributed by atoms with Gasteiger partial charge in [0.2, 0.25) is 11.8 Å². The first-order chi connectivity index (χ1) is 13.3. The number of alkyl halides is 2. The third-order valence-corrected chi connectivity index (χ3v) is 5.72. The molecule has 154 valence electrons. The molecule has 1 amide bonds. The minimum Gasteiger partial charge on any atom is -0.493 e. The number of carbonyl (C=O) groups is 2. The number of halogens is 2. The summed E-state index contributed by atoms with van der Waals surface area (Å²) >= 11 is 0. The molecule has 0 bridgehead atoms. The van der Waals surface area contributed by atoms with E-state index in [0.717, 1.165) is 5.56 Å². The fourth-order valence-electron chi connectivity index (χ4n) is 4.20. The zero-order valence-corrected chi connectivity index (χ0v) is 16.0. The number of amides is 1. The highest BCUT2D eigenvalue weighted by molar-refractivity contribution is 5.81. The van der Waals surface area contributed by atoms with E-state index in [4.69, 9.17) is 9.47 Å². The maximum absolute atomic E-state index is 13.5. The molecule has 1 heterocycles. The Hall–Kier alpha value is -2.38. The second-order valence-corrected chi connectivity index (χ2v) is 7.43. The van der Waals surface area contributed by atoms with Crippen LogP contribution in [-0.2, 0) is 16.0 Å². The molecular weight excluding hydrogens is 372 g/mol. The number of nitrogens with zero attached hydrogens (tertiary/aromatic N) is 1. The van der Waals surface area contributed by atoms with E-state index in [1.165, 1.54) is 14.2 Å². The van der Waals surface area contributed by atoms with E-state index < -0.39 is 23.9 Å². The van der Waals surface area contributed by atoms with Crippen LogP contribution in [0.5, 0.6) is 11.5 Å². The Balaban J connectivity index is 1.90. The molecule has 1 N–H and O–H groups in total. The number of rotatable bonds is 5. The molecule has 3 rings (SSSR count). The van der Waals surface area contributed by atoms with Crippen LogP contribution in [0.1, 0.15) is 49.3 Å². The van der Waals surface area contributed by atoms with E-state index in [1.807, 2.05) is 6.07 Å². The number of carboxylic acid groups (broad SMARTS) is 1. The van der Waals surface area contributed by atoms with Gasteiger partial charge in [0, 0.05) is 25.3 Å². The van der Waals surface area contributed by atoms with E-state index in [1.54, 1.807) is 11.0 Å². The summed E-state index contributed by atoms with van der Waals surface area (Å²) in [6, 6.07) is 2.87. The summed E-state index contributed by atoms with van der Waals surface area (Å²) in [5.74, 6) is -3.45. The van der Waals surface area contributed by atoms with Gasteiger partial charge in [0.25, 0.3) is 0 Å². The van der Waals surface area contributed by atoms with Gasteiger partial charge in [-0.25, -0.2) is 8.78 Å². The van der Waals surface area contributed by atoms with Crippen molar-refractivity contribution < 1.29 is 33.0 Å². The molecule has 6 nitrogen and oxygen atoms in total. The van der Waals surface area contributed by atoms with E-state index in [9.17, 15) is 23.5 Å². The van der Waals surface area contributed by atoms with Gasteiger partial charge in [0.15, 0.2) is 11.5 Å². The molecule has 1 aromatic rings. The van der Waals surface area contributed by atoms with Gasteiger partial charge in [0.05, 0.1) is 26.7 Å². The first-order valence-corrected chi connectivity index (χ1v) is 9.40. The van der Waals surface area contributed by atoms with Gasteiger partial charge in [0.1, 0.15) is 0 Å². The number of hydrogen-bond donors (Lipinski definition) is 1. The normalized spacial score (nSPS) is 21.7. The minimum absolute atomic E-state index is 0.126. The number of fused-ring (bicyclic) bond motifs is 1. The molecule has 1 aliphatic carbocycles. The molecule has 28 heavy (non-hydrogen) atoms. The van der Waals surface area contributed by atoms with Crippen LogP contribution in [0.4, 0.5) is 8.78 Å². The van der Waals surface area contributed by atoms with E-state index >= 15 is 0 Å². The van der Waals surface area contributed by atoms with Crippen molar-refractivity contribution in [2.75, 3.05) is 20.8 Å². The topological polar surface area (TPSA) is 76.1 Å². The van der Waals surface area contributed by atoms with Gasteiger partial charge in [-0.15, -0.1) is 0 Å². The van der Waals surface area contributed by atoms with Crippen LogP contribution in [0.15, 0.2) is 12.1 Å². The van der Waals surface area contributed by atoms with Gasteiger partial charge in [-0.1, -0.05) is 0 Å². The van der Waals surface area contributed by atoms with E-state index in [0.29, 0.717) is 30.0 Å². The van der Waals surface area contributed by atoms with Crippen molar-refractivity contribution >= 4 is 11.9 Å². The van der Waals surface area contributed by atoms with Crippen LogP contribution in [0.3, 0.4) is 0 Å². The van der Waals surface area contributed by atoms with Crippen molar-refractivity contribution in [3.63, 3.8) is 0 Å². The lowest BCUT2D eigenvalue weighted by Crippen LogP contribution is -2.45. The van der Waals surface area contributed by atoms with Crippen LogP contribution in [0, 0.1) is 5.92 Å². The third kappa shape index (κ3) is 4.05. The molecule has 0 aromatic heterocycles. The lowest BCUT2D eigenvalue weighted by atomic mass is 9.83. The highest BCUT2D eigenvalue weighted by atomic mass is 19.3. The SMILES string of the molecule is COc1cc2c(cc1OC)C(CC(=O)O)N(C(=O)C1CCC(F)(F)CC1)CC2. The standard InChI is InChI=1S/C20H25F2NO5/c1-27-16-9-13-5-8-23(19(26)12-3-6-20(21,22)7-4-12)15(11-18(24)25)14(13)10-17(16)28-2/h9-10,12,15H,3-8,11H2,1-2H3,(H,24,25). The average Bonchev–Trinajstić information content (AvgIpc) is 2.66. The summed E-state index contributed by atoms with van der Waals surface area (Å²) in [4.78, 5) is 26.1. The fraction of sp³-hybridized carbons (Fsp3) is 0.600. The largest absolute Gasteiger partial charge is 0.493 e. The van der Waals surface area contributed by atoms with Gasteiger partial charge >= 0.3 is 5.97 Å². The Bertz CT molecular complexity index is 757. The number of hydrogen-bond acceptors (Lipinski definition) is 4. The maximum atomic E-state index is 13.5. The van der Waals surface area contributed by atoms with Crippen LogP contribution in [0.2, 0.25) is 0 Å². The van der Waals surface area contributed by atoms with Crippen LogP contribution in [-0.4, -0.2) is 48.6 Å². The summed E-state index contributed by atoms with van der Waals surface area (Å²) < 4.78 is 37.6. The minimum atomic E-state index is -2.71. The van der Waals surface area contributed by atoms with Crippen molar-refractivity contribution in [3.05, 3.63) is 23.3 Å². The lowest BCUT2D eigenvalue weighted by molar-refractivity contribution is -0.145. The van der Waals surface area contributed by atoms with Crippen molar-refractivity contribution in [2.45, 2.75) is 50.5 Å². The van der Waals surface area contributed by atoms with Crippen molar-refractivity contribution in [3.8, 4) is 11.5 Å². The molecule has 1 atom stereocenters. The molecule has 1 saturated carbocycles. The quantitative estimate of drug-likeness (QED) is 0.824. The molecular formula is C20H25F2NO5. The number of aliphatic carboxylic acids is 1. The zero-order valence-electron chi connectivity index (χ0n) is 16.0. The molecule has 1 unspecified atom stereocenters. The zero-order chi connectivity index (χ0) is 20.5. The molecule has 8 heteroatoms. The monoisotopic (exact) mass is 397 g/mol. The molecule has 0 radical (unpaired) electrons. The summed E-state index contributed by atoms with van der Waals surface area (Å²) in [6.07, 6.45) is -0.0652. The van der Waals surface area contributed by atoms with E-state index in [-0.39, 0.29) is 38.0 Å². The summed E-state index contributed by atoms with van der Waals surface area (Å²) in [7, 11) is 3.01. The Labute approximate surface area is 162 Å². The first kappa shape index (κ1) is 20.4. The van der Waals surface area contributed by atoms with Crippen LogP contribution < -0.4 is 9.47 Å². The summed E-state index contributed by atoms with van der Waals surface area (Å²) in [6.45, 7) is 0.353. The number of benzene rings is 1. The fourth-order valence-corrected chi connectivity index (χ4v) is 4.20. The lowest BCUT2D eigenvalue weighted by Gasteiger charge is -2.40. The molecule has 2 aliphatic rings. The molecule has 1 aromatic carbocycles. The smallest absolute Gasteiger partial charge is 0.305 e. The predicted molar refractivity (Wildman–Crippen MR) is 96.9 cm³/mol. The number of carbonyl (C=O) groups excluding carboxylic acids is 1. The number of methoxy groups -OCH3 is 2. The highest BCUT2D eigenvalue weighted by Gasteiger charge is 2.41. The third-order valence-electron chi connectivity index (χ3n) is 5.72. The van der Waals surface area contributed by atoms with Crippen LogP contribution >= 0.6 is 0 Å². The molecule has 0 spiro atoms. The van der Waals surface area contributed by atoms with Crippen molar-refractivity contribution in [1.82, 2.24) is 4.90 Å². The molecule has 0 saturated heterocycles. The number of ether oxygens (including phenoxy) is 2. The predicted octanol–water partition coefficient (Wildman–Crippen LogP) is 3.43. The highest BCUT2D eigenvalue weighted by Crippen LogP contribution is 2.42. The van der Waals surface area contributed by atoms with Crippen molar-refractivity contribution in [2.24, 2.45) is 5.92 Å². The van der Waals surface area contributed by atoms with Gasteiger partial charge < -0.3 is 19.5 Å². The van der Waals surface area contributed by atoms with E-state index in [2.05, 4.69) is 0 Å². The molecule has 1 aliphatic heterocycles. The van der Waals surface area contributed by atoms with Gasteiger partial charge in [-0.05, 0) is 42.5 Å². The summed E-state index contributed by atoms with van der Waals surface area (Å²) in [5.41, 5.74) is 1.61. The Morgan fingerprint density at radius 3 is 2.36 bits per heavy atom. The summed E-state index contributed by atoms with van der Waals surface area (Å²) in [5, 5.41) is 9.40. The van der Waals surface area contributed by atoms with Gasteiger partial charge in [-0.3, -0.25) is 9.59 Å². The first-order valence-electron chi connectivity index (χ1n) is 9.40. The van der Waals surface area contributed by atoms with Crippen LogP contribution in [0.25, 0.3) is 0 Å². The van der Waals surface area contributed by atoms with Gasteiger partial charge in [-0.2, -0.15) is 0 Å². The second-order valence-electron chi connectivity index (χ2n) is 7.43. The second kappa shape index (κ2) is 7.93.